The van der Waals surface area contributed by atoms with Crippen molar-refractivity contribution in [3.8, 4) is 0 Å². The number of aryl methyl sites for hydroxylation is 2. The molecule has 9 nitrogen and oxygen atoms in total. The summed E-state index contributed by atoms with van der Waals surface area (Å²) < 4.78 is 0. The van der Waals surface area contributed by atoms with E-state index >= 15 is 0 Å². The van der Waals surface area contributed by atoms with Gasteiger partial charge in [-0.1, -0.05) is 12.1 Å². The molecule has 3 rings (SSSR count). The Bertz CT molecular complexity index is 934. The van der Waals surface area contributed by atoms with E-state index in [0.29, 0.717) is 30.9 Å². The van der Waals surface area contributed by atoms with E-state index in [4.69, 9.17) is 0 Å². The molecule has 0 radical (unpaired) electrons. The average Bonchev–Trinajstić information content (AvgIpc) is 3.05. The molecule has 3 N–H and O–H groups in total. The molecule has 30 heavy (non-hydrogen) atoms. The predicted molar refractivity (Wildman–Crippen MR) is 113 cm³/mol. The van der Waals surface area contributed by atoms with Crippen molar-refractivity contribution in [2.45, 2.75) is 26.8 Å². The van der Waals surface area contributed by atoms with Gasteiger partial charge in [-0.05, 0) is 31.5 Å². The van der Waals surface area contributed by atoms with E-state index in [1.54, 1.807) is 31.0 Å². The summed E-state index contributed by atoms with van der Waals surface area (Å²) in [6.45, 7) is 7.07. The quantitative estimate of drug-likeness (QED) is 0.684. The second kappa shape index (κ2) is 9.08. The van der Waals surface area contributed by atoms with Crippen LogP contribution in [0.5, 0.6) is 0 Å². The highest BCUT2D eigenvalue weighted by Crippen LogP contribution is 2.26. The Kier molecular flexibility index (Phi) is 6.51. The third kappa shape index (κ3) is 4.68. The zero-order valence-corrected chi connectivity index (χ0v) is 17.8. The Morgan fingerprint density at radius 2 is 2.00 bits per heavy atom. The Labute approximate surface area is 175 Å². The van der Waals surface area contributed by atoms with E-state index in [1.807, 2.05) is 30.9 Å². The summed E-state index contributed by atoms with van der Waals surface area (Å²) >= 11 is 0. The minimum absolute atomic E-state index is 0.0286. The molecular formula is C21H28N6O3. The average molecular weight is 412 g/mol. The van der Waals surface area contributed by atoms with Gasteiger partial charge in [-0.25, -0.2) is 0 Å². The maximum atomic E-state index is 12.6. The van der Waals surface area contributed by atoms with Gasteiger partial charge in [0.05, 0.1) is 29.7 Å². The first-order valence-electron chi connectivity index (χ1n) is 9.93. The molecular weight excluding hydrogens is 384 g/mol. The number of rotatable bonds is 5. The lowest BCUT2D eigenvalue weighted by molar-refractivity contribution is -0.134. The van der Waals surface area contributed by atoms with Gasteiger partial charge in [0, 0.05) is 39.2 Å². The molecule has 9 heteroatoms. The first kappa shape index (κ1) is 21.5. The number of carbonyl (C=O) groups excluding carboxylic acids is 3. The van der Waals surface area contributed by atoms with Crippen LogP contribution >= 0.6 is 0 Å². The van der Waals surface area contributed by atoms with Crippen LogP contribution in [0.4, 0.5) is 5.69 Å². The molecule has 3 amide bonds. The van der Waals surface area contributed by atoms with Crippen LogP contribution in [0.1, 0.15) is 40.3 Å². The minimum atomic E-state index is -0.231. The van der Waals surface area contributed by atoms with Crippen LogP contribution in [0.2, 0.25) is 0 Å². The van der Waals surface area contributed by atoms with Gasteiger partial charge < -0.3 is 15.5 Å². The second-order valence-electron chi connectivity index (χ2n) is 7.53. The van der Waals surface area contributed by atoms with Crippen LogP contribution < -0.4 is 10.6 Å². The highest BCUT2D eigenvalue weighted by Gasteiger charge is 2.31. The van der Waals surface area contributed by atoms with Gasteiger partial charge in [0.25, 0.3) is 5.91 Å². The molecule has 0 saturated carbocycles. The SMILES string of the molecule is CNC(=O)c1cccc(C2CN(CC(=O)Nc3c(C)n[nH]c3C)CCN2C(C)=O)c1. The summed E-state index contributed by atoms with van der Waals surface area (Å²) in [7, 11) is 1.58. The first-order valence-corrected chi connectivity index (χ1v) is 9.93. The zero-order valence-electron chi connectivity index (χ0n) is 17.8. The lowest BCUT2D eigenvalue weighted by Crippen LogP contribution is -2.51. The van der Waals surface area contributed by atoms with Crippen molar-refractivity contribution in [1.29, 1.82) is 0 Å². The zero-order chi connectivity index (χ0) is 21.8. The van der Waals surface area contributed by atoms with E-state index in [9.17, 15) is 14.4 Å². The van der Waals surface area contributed by atoms with Gasteiger partial charge in [-0.2, -0.15) is 5.10 Å². The Morgan fingerprint density at radius 1 is 1.23 bits per heavy atom. The second-order valence-corrected chi connectivity index (χ2v) is 7.53. The minimum Gasteiger partial charge on any atom is -0.355 e. The van der Waals surface area contributed by atoms with Crippen LogP contribution in [0.3, 0.4) is 0 Å². The van der Waals surface area contributed by atoms with Crippen LogP contribution in [0.15, 0.2) is 24.3 Å². The van der Waals surface area contributed by atoms with Crippen LogP contribution in [-0.4, -0.2) is 70.9 Å². The van der Waals surface area contributed by atoms with Gasteiger partial charge in [0.1, 0.15) is 0 Å². The maximum Gasteiger partial charge on any atom is 0.251 e. The number of aromatic nitrogens is 2. The van der Waals surface area contributed by atoms with Gasteiger partial charge in [0.15, 0.2) is 0 Å². The van der Waals surface area contributed by atoms with Crippen molar-refractivity contribution in [2.75, 3.05) is 38.5 Å². The topological polar surface area (TPSA) is 110 Å². The number of carbonyl (C=O) groups is 3. The van der Waals surface area contributed by atoms with Crippen molar-refractivity contribution in [3.05, 3.63) is 46.8 Å². The van der Waals surface area contributed by atoms with Crippen LogP contribution in [0, 0.1) is 13.8 Å². The third-order valence-electron chi connectivity index (χ3n) is 5.39. The number of nitrogens with one attached hydrogen (secondary N) is 3. The van der Waals surface area contributed by atoms with Gasteiger partial charge >= 0.3 is 0 Å². The molecule has 1 aliphatic rings. The molecule has 0 spiro atoms. The van der Waals surface area contributed by atoms with Crippen LogP contribution in [0.25, 0.3) is 0 Å². The fourth-order valence-corrected chi connectivity index (χ4v) is 3.79. The lowest BCUT2D eigenvalue weighted by atomic mass is 9.99. The summed E-state index contributed by atoms with van der Waals surface area (Å²) in [6, 6.07) is 7.04. The van der Waals surface area contributed by atoms with Crippen molar-refractivity contribution < 1.29 is 14.4 Å². The number of amides is 3. The standard InChI is InChI=1S/C21H28N6O3/c1-13-20(14(2)25-24-13)23-19(29)12-26-8-9-27(15(3)28)18(11-26)16-6-5-7-17(10-16)21(30)22-4/h5-7,10,18H,8-9,11-12H2,1-4H3,(H,22,30)(H,23,29)(H,24,25). The molecule has 2 heterocycles. The number of nitrogens with zero attached hydrogens (tertiary/aromatic N) is 3. The predicted octanol–water partition coefficient (Wildman–Crippen LogP) is 1.23. The third-order valence-corrected chi connectivity index (χ3v) is 5.39. The van der Waals surface area contributed by atoms with Crippen molar-refractivity contribution in [1.82, 2.24) is 25.3 Å². The molecule has 1 aliphatic heterocycles. The van der Waals surface area contributed by atoms with E-state index in [-0.39, 0.29) is 30.3 Å². The summed E-state index contributed by atoms with van der Waals surface area (Å²) in [5.41, 5.74) is 3.67. The fourth-order valence-electron chi connectivity index (χ4n) is 3.79. The molecule has 1 unspecified atom stereocenters. The van der Waals surface area contributed by atoms with Gasteiger partial charge in [0.2, 0.25) is 11.8 Å². The number of hydrogen-bond donors (Lipinski definition) is 3. The molecule has 1 saturated heterocycles. The van der Waals surface area contributed by atoms with E-state index in [1.165, 1.54) is 0 Å². The first-order chi connectivity index (χ1) is 14.3. The molecule has 1 fully saturated rings. The molecule has 1 aromatic heterocycles. The number of hydrogen-bond acceptors (Lipinski definition) is 5. The molecule has 1 aromatic carbocycles. The van der Waals surface area contributed by atoms with Crippen molar-refractivity contribution in [3.63, 3.8) is 0 Å². The monoisotopic (exact) mass is 412 g/mol. The van der Waals surface area contributed by atoms with Crippen molar-refractivity contribution in [2.24, 2.45) is 0 Å². The van der Waals surface area contributed by atoms with E-state index < -0.39 is 0 Å². The van der Waals surface area contributed by atoms with Crippen LogP contribution in [-0.2, 0) is 9.59 Å². The summed E-state index contributed by atoms with van der Waals surface area (Å²) in [4.78, 5) is 40.6. The number of piperazine rings is 1. The summed E-state index contributed by atoms with van der Waals surface area (Å²) in [6.07, 6.45) is 0. The highest BCUT2D eigenvalue weighted by atomic mass is 16.2. The van der Waals surface area contributed by atoms with Crippen molar-refractivity contribution >= 4 is 23.4 Å². The number of benzene rings is 1. The highest BCUT2D eigenvalue weighted by molar-refractivity contribution is 5.94. The molecule has 0 bridgehead atoms. The Morgan fingerprint density at radius 3 is 2.63 bits per heavy atom. The smallest absolute Gasteiger partial charge is 0.251 e. The summed E-state index contributed by atoms with van der Waals surface area (Å²) in [5, 5.41) is 12.5. The van der Waals surface area contributed by atoms with E-state index in [2.05, 4.69) is 20.8 Å². The molecule has 2 aromatic rings. The van der Waals surface area contributed by atoms with Gasteiger partial charge in [-0.3, -0.25) is 24.4 Å². The number of aromatic amines is 1. The van der Waals surface area contributed by atoms with Gasteiger partial charge in [-0.15, -0.1) is 0 Å². The molecule has 1 atom stereocenters. The number of H-pyrrole nitrogens is 1. The van der Waals surface area contributed by atoms with E-state index in [0.717, 1.165) is 17.0 Å². The Hall–Kier alpha value is -3.20. The largest absolute Gasteiger partial charge is 0.355 e. The lowest BCUT2D eigenvalue weighted by Gasteiger charge is -2.41. The summed E-state index contributed by atoms with van der Waals surface area (Å²) in [5.74, 6) is -0.333. The normalized spacial score (nSPS) is 16.9. The molecule has 160 valence electrons. The maximum absolute atomic E-state index is 12.6. The Balaban J connectivity index is 1.75. The molecule has 0 aliphatic carbocycles. The fraction of sp³-hybridized carbons (Fsp3) is 0.429. The number of anilines is 1.